The van der Waals surface area contributed by atoms with Crippen LogP contribution in [0.3, 0.4) is 0 Å². The highest BCUT2D eigenvalue weighted by atomic mass is 33.5. The number of imidazole rings is 2. The number of H-pyrrole nitrogens is 1. The van der Waals surface area contributed by atoms with Crippen LogP contribution in [0, 0.1) is 11.8 Å². The predicted molar refractivity (Wildman–Crippen MR) is 361 cm³/mol. The van der Waals surface area contributed by atoms with Gasteiger partial charge in [-0.15, -0.1) is 0 Å². The van der Waals surface area contributed by atoms with Gasteiger partial charge >= 0.3 is 15.4 Å². The van der Waals surface area contributed by atoms with E-state index in [1.54, 1.807) is 167 Å². The largest absolute Gasteiger partial charge is 0.472 e. The molecular formula is C39H52N10O13P2S17Si. The summed E-state index contributed by atoms with van der Waals surface area (Å²) in [5.74, 6) is -1.96. The molecule has 23 nitrogen and oxygen atoms in total. The van der Waals surface area contributed by atoms with E-state index >= 15 is 0 Å². The number of rotatable bonds is 8. The number of amides is 2. The number of nitrogens with one attached hydrogen (secondary N) is 3. The normalized spacial score (nSPS) is 25.4. The molecule has 3 aliphatic heterocycles. The van der Waals surface area contributed by atoms with Gasteiger partial charge in [-0.3, -0.25) is 52.0 Å². The molecule has 0 saturated carbocycles. The minimum absolute atomic E-state index is 0.0141. The maximum absolute atomic E-state index is 14.5. The van der Waals surface area contributed by atoms with Crippen LogP contribution in [0.2, 0.25) is 18.1 Å². The van der Waals surface area contributed by atoms with Crippen LogP contribution in [-0.2, 0) is 202 Å². The molecule has 4 N–H and O–H groups in total. The highest BCUT2D eigenvalue weighted by Crippen LogP contribution is 2.56. The Bertz CT molecular complexity index is 4040. The first kappa shape index (κ1) is 68.6. The van der Waals surface area contributed by atoms with E-state index in [4.69, 9.17) is 54.4 Å². The van der Waals surface area contributed by atoms with Gasteiger partial charge < -0.3 is 28.6 Å². The Morgan fingerprint density at radius 1 is 0.780 bits per heavy atom. The Morgan fingerprint density at radius 3 is 1.93 bits per heavy atom. The van der Waals surface area contributed by atoms with Crippen molar-refractivity contribution in [2.24, 2.45) is 11.8 Å². The lowest BCUT2D eigenvalue weighted by atomic mass is 10.0. The van der Waals surface area contributed by atoms with Crippen LogP contribution >= 0.6 is 15.4 Å². The second kappa shape index (κ2) is 31.6. The van der Waals surface area contributed by atoms with Crippen molar-refractivity contribution in [3.05, 3.63) is 65.2 Å². The van der Waals surface area contributed by atoms with Crippen LogP contribution in [0.1, 0.15) is 64.4 Å². The summed E-state index contributed by atoms with van der Waals surface area (Å²) in [6.07, 6.45) is -4.21. The number of fused-ring (bicyclic) bond motifs is 5. The lowest BCUT2D eigenvalue weighted by molar-refractivity contribution is -0.118. The van der Waals surface area contributed by atoms with Gasteiger partial charge in [-0.2, -0.15) is 4.98 Å². The molecule has 0 spiro atoms. The first-order valence-corrected chi connectivity index (χ1v) is 51.3. The maximum Gasteiger partial charge on any atom is 0.472 e. The van der Waals surface area contributed by atoms with E-state index in [1.807, 2.05) is 33.9 Å². The summed E-state index contributed by atoms with van der Waals surface area (Å²) in [6, 6.07) is 8.53. The number of hydrogen-bond donors (Lipinski definition) is 4. The summed E-state index contributed by atoms with van der Waals surface area (Å²) in [7, 11) is 13.5. The molecule has 43 heteroatoms. The quantitative estimate of drug-likeness (QED) is 0.113. The number of aromatic amines is 1. The fourth-order valence-corrected chi connectivity index (χ4v) is 46.7. The molecule has 10 atom stereocenters. The van der Waals surface area contributed by atoms with Gasteiger partial charge in [0.15, 0.2) is 48.9 Å². The SMILES string of the molecule is CC(C)C(=O)Nc1nc2c(ncn2[C@@H]2O[C@@H]3COP(=O)(O)OC4[C@@H](C)[C@@H](COP(C)(=O)OC3[C@@H]2O[Si](C)(C)C(C)(C)C)O[C@H]4n2cnc3c(NC(=O)c4ccccc4)ncnc32)c(=O)[nH]1.S=S=S=S=S=S=S=S=S=S=S=S=S=S=S=S=S. The Balaban J connectivity index is 0.000000493. The molecule has 4 unspecified atom stereocenters. The number of ether oxygens (including phenoxy) is 2. The standard InChI is InChI=1S/C39H52N10O13P2Si.S17/c1-20(2)33(50)46-38-45-32-26(35(52)47-38)43-19-49(32)37-29(62-65(8,9)39(4,5)6)28-24(59-37)16-57-64(54,55)61-27-21(3)23(15-56-63(7,53)60-28)58-36(27)48-18-42-25-30(40-17-41-31(25)48)44-34(51)22-13-11-10-12-14-22;1-3-5-7-9-11-13-15-17-16-14-12-10-8-6-4-2/h10-14,17-21,23-24,27-29,36-37H,15-16H2,1-9H3,(H,54,55)(H,40,41,44,51)(H2,45,46,47,50,52);/t21-,23+,24+,27?,28?,29-,36+,37+,63?;/m0./s1. The van der Waals surface area contributed by atoms with Gasteiger partial charge in [-0.1, -0.05) is 59.7 Å². The van der Waals surface area contributed by atoms with E-state index in [-0.39, 0.29) is 45.7 Å². The molecule has 2 amide bonds. The number of anilines is 2. The number of phosphoric ester groups is 1. The molecule has 5 aromatic rings. The summed E-state index contributed by atoms with van der Waals surface area (Å²) in [4.78, 5) is 74.7. The van der Waals surface area contributed by atoms with E-state index < -0.39 is 103 Å². The number of hydrogen-bond acceptors (Lipinski definition) is 19. The molecule has 452 valence electrons. The monoisotopic (exact) mass is 1500 g/mol. The first-order valence-electron chi connectivity index (χ1n) is 23.6. The van der Waals surface area contributed by atoms with Crippen molar-refractivity contribution in [3.8, 4) is 0 Å². The van der Waals surface area contributed by atoms with Gasteiger partial charge in [-0.05, 0) is 30.3 Å². The zero-order valence-corrected chi connectivity index (χ0v) is 60.7. The van der Waals surface area contributed by atoms with E-state index in [1.165, 1.54) is 52.5 Å². The average Bonchev–Trinajstić information content (AvgIpc) is 4.36. The van der Waals surface area contributed by atoms with Crippen molar-refractivity contribution >= 4 is 225 Å². The van der Waals surface area contributed by atoms with Crippen molar-refractivity contribution in [2.75, 3.05) is 30.5 Å². The van der Waals surface area contributed by atoms with E-state index in [0.717, 1.165) is 0 Å². The molecule has 7 heterocycles. The molecular weight excluding hydrogens is 1450 g/mol. The van der Waals surface area contributed by atoms with Gasteiger partial charge in [-0.25, -0.2) is 24.5 Å². The van der Waals surface area contributed by atoms with Crippen LogP contribution in [-0.4, -0.2) is 114 Å². The molecule has 82 heavy (non-hydrogen) atoms. The van der Waals surface area contributed by atoms with Gasteiger partial charge in [0.05, 0.1) is 32.0 Å². The average molecular weight is 1500 g/mol. The van der Waals surface area contributed by atoms with Gasteiger partial charge in [0, 0.05) is 180 Å². The number of carbonyl (C=O) groups is 2. The molecule has 0 aliphatic carbocycles. The molecule has 4 aromatic heterocycles. The summed E-state index contributed by atoms with van der Waals surface area (Å²) in [6.45, 7) is 15.4. The van der Waals surface area contributed by atoms with Crippen molar-refractivity contribution in [3.63, 3.8) is 0 Å². The van der Waals surface area contributed by atoms with E-state index in [2.05, 4.69) is 40.5 Å². The molecule has 3 saturated heterocycles. The third-order valence-corrected chi connectivity index (χ3v) is 50.2. The first-order chi connectivity index (χ1) is 38.9. The predicted octanol–water partition coefficient (Wildman–Crippen LogP) is 5.33. The van der Waals surface area contributed by atoms with Crippen LogP contribution in [0.5, 0.6) is 0 Å². The minimum Gasteiger partial charge on any atom is -0.407 e. The zero-order chi connectivity index (χ0) is 59.4. The Morgan fingerprint density at radius 2 is 1.34 bits per heavy atom. The lowest BCUT2D eigenvalue weighted by Gasteiger charge is -2.40. The zero-order valence-electron chi connectivity index (χ0n) is 44.0. The third-order valence-electron chi connectivity index (χ3n) is 12.4. The molecule has 1 aromatic carbocycles. The molecule has 2 bridgehead atoms. The van der Waals surface area contributed by atoms with Crippen LogP contribution in [0.25, 0.3) is 22.3 Å². The number of benzene rings is 1. The second-order valence-corrected chi connectivity index (χ2v) is 53.8. The highest BCUT2D eigenvalue weighted by molar-refractivity contribution is 8.77. The highest BCUT2D eigenvalue weighted by Gasteiger charge is 2.56. The smallest absolute Gasteiger partial charge is 0.407 e. The van der Waals surface area contributed by atoms with Crippen molar-refractivity contribution in [1.82, 2.24) is 39.0 Å². The van der Waals surface area contributed by atoms with Crippen LogP contribution in [0.4, 0.5) is 11.8 Å². The fourth-order valence-electron chi connectivity index (χ4n) is 7.54. The number of carbonyl (C=O) groups excluding carboxylic acids is 2. The number of phosphoric acid groups is 1. The number of nitrogens with zero attached hydrogens (tertiary/aromatic N) is 7. The summed E-state index contributed by atoms with van der Waals surface area (Å²) < 4.78 is 75.5. The van der Waals surface area contributed by atoms with E-state index in [0.29, 0.717) is 5.56 Å². The Hall–Kier alpha value is -0.843. The van der Waals surface area contributed by atoms with Crippen LogP contribution in [0.15, 0.2) is 54.1 Å². The second-order valence-electron chi connectivity index (χ2n) is 19.1. The van der Waals surface area contributed by atoms with Crippen molar-refractivity contribution in [2.45, 2.75) is 103 Å². The lowest BCUT2D eigenvalue weighted by Crippen LogP contribution is -2.49. The Kier molecular flexibility index (Phi) is 26.4. The fraction of sp³-hybridized carbons (Fsp3) is 0.538. The summed E-state index contributed by atoms with van der Waals surface area (Å²) in [5, 5.41) is 4.98. The molecule has 3 fully saturated rings. The number of aromatic nitrogens is 8. The topological polar surface area (TPSA) is 284 Å². The third kappa shape index (κ3) is 18.6. The van der Waals surface area contributed by atoms with Gasteiger partial charge in [0.2, 0.25) is 11.9 Å². The van der Waals surface area contributed by atoms with Crippen molar-refractivity contribution in [1.29, 1.82) is 0 Å². The molecule has 8 rings (SSSR count). The van der Waals surface area contributed by atoms with Crippen molar-refractivity contribution < 1.29 is 55.6 Å². The summed E-state index contributed by atoms with van der Waals surface area (Å²) >= 11 is 9.48. The maximum atomic E-state index is 14.5. The Labute approximate surface area is 524 Å². The minimum atomic E-state index is -5.02. The van der Waals surface area contributed by atoms with E-state index in [9.17, 15) is 28.4 Å². The van der Waals surface area contributed by atoms with Crippen LogP contribution < -0.4 is 16.2 Å². The van der Waals surface area contributed by atoms with Gasteiger partial charge in [0.25, 0.3) is 11.5 Å². The molecule has 3 aliphatic rings. The van der Waals surface area contributed by atoms with Gasteiger partial charge in [0.1, 0.15) is 30.7 Å². The summed E-state index contributed by atoms with van der Waals surface area (Å²) in [5.41, 5.74) is 0.0845. The molecule has 0 radical (unpaired) electrons.